The number of aromatic nitrogens is 1. The lowest BCUT2D eigenvalue weighted by Gasteiger charge is -2.25. The van der Waals surface area contributed by atoms with Crippen LogP contribution in [0.3, 0.4) is 0 Å². The molecule has 5 nitrogen and oxygen atoms in total. The highest BCUT2D eigenvalue weighted by atomic mass is 16.4. The molecule has 0 saturated carbocycles. The highest BCUT2D eigenvalue weighted by molar-refractivity contribution is 6.33. The smallest absolute Gasteiger partial charge is 0.344 e. The molecule has 9 aromatic rings. The molecule has 0 spiro atoms. The van der Waals surface area contributed by atoms with E-state index in [0.717, 1.165) is 70.8 Å². The Hall–Kier alpha value is -5.34. The zero-order chi connectivity index (χ0) is 34.5. The molecule has 0 fully saturated rings. The van der Waals surface area contributed by atoms with Gasteiger partial charge in [-0.05, 0) is 69.8 Å². The molecule has 4 aromatic heterocycles. The molecule has 49 heavy (non-hydrogen) atoms. The van der Waals surface area contributed by atoms with E-state index in [4.69, 9.17) is 8.83 Å². The number of furan rings is 1. The van der Waals surface area contributed by atoms with Crippen LogP contribution in [0.4, 0.5) is 0 Å². The van der Waals surface area contributed by atoms with Crippen LogP contribution >= 0.6 is 0 Å². The van der Waals surface area contributed by atoms with Gasteiger partial charge in [0, 0.05) is 48.7 Å². The van der Waals surface area contributed by atoms with Crippen molar-refractivity contribution in [2.24, 2.45) is 0 Å². The fourth-order valence-corrected chi connectivity index (χ4v) is 7.95. The second-order valence-electron chi connectivity index (χ2n) is 16.9. The Balaban J connectivity index is 1.58. The Morgan fingerprint density at radius 3 is 1.96 bits per heavy atom. The number of nitriles is 1. The number of rotatable bonds is 0. The molecule has 5 heteroatoms. The van der Waals surface area contributed by atoms with Gasteiger partial charge in [0.05, 0.1) is 27.5 Å². The molecule has 5 aromatic carbocycles. The van der Waals surface area contributed by atoms with Crippen molar-refractivity contribution in [3.63, 3.8) is 0 Å². The van der Waals surface area contributed by atoms with Crippen LogP contribution < -0.4 is 5.63 Å². The SMILES string of the molecule is CC(C)(C)c1cc(C(C)(C)C)c2oc3c(C#N)cc4c(c5cc(C(C)(C)C)cc6c7cc8c(cc7n4c65)c(=O)oc4ccccc48)c3c2c1. The summed E-state index contributed by atoms with van der Waals surface area (Å²) < 4.78 is 14.9. The van der Waals surface area contributed by atoms with Crippen LogP contribution in [0.1, 0.15) is 84.6 Å². The maximum absolute atomic E-state index is 13.5. The van der Waals surface area contributed by atoms with E-state index in [1.807, 2.05) is 36.4 Å². The maximum atomic E-state index is 13.5. The van der Waals surface area contributed by atoms with E-state index in [1.165, 1.54) is 11.1 Å². The Bertz CT molecular complexity index is 3010. The van der Waals surface area contributed by atoms with Gasteiger partial charge in [0.25, 0.3) is 0 Å². The van der Waals surface area contributed by atoms with E-state index in [0.29, 0.717) is 22.1 Å². The van der Waals surface area contributed by atoms with E-state index < -0.39 is 0 Å². The molecular formula is C44H38N2O3. The Morgan fingerprint density at radius 2 is 1.27 bits per heavy atom. The van der Waals surface area contributed by atoms with Gasteiger partial charge in [-0.1, -0.05) is 86.6 Å². The summed E-state index contributed by atoms with van der Waals surface area (Å²) in [6.45, 7) is 20.1. The molecule has 242 valence electrons. The lowest BCUT2D eigenvalue weighted by Crippen LogP contribution is -2.16. The highest BCUT2D eigenvalue weighted by Crippen LogP contribution is 2.49. The predicted molar refractivity (Wildman–Crippen MR) is 203 cm³/mol. The van der Waals surface area contributed by atoms with Gasteiger partial charge in [0.15, 0.2) is 5.58 Å². The van der Waals surface area contributed by atoms with E-state index in [1.54, 1.807) is 0 Å². The lowest BCUT2D eigenvalue weighted by atomic mass is 9.79. The van der Waals surface area contributed by atoms with Gasteiger partial charge in [-0.2, -0.15) is 5.26 Å². The first-order valence-electron chi connectivity index (χ1n) is 17.0. The number of hydrogen-bond donors (Lipinski definition) is 0. The van der Waals surface area contributed by atoms with Gasteiger partial charge in [-0.25, -0.2) is 4.79 Å². The molecule has 0 aliphatic carbocycles. The summed E-state index contributed by atoms with van der Waals surface area (Å²) in [5.41, 5.74) is 8.25. The van der Waals surface area contributed by atoms with Gasteiger partial charge in [-0.15, -0.1) is 0 Å². The molecule has 0 bridgehead atoms. The summed E-state index contributed by atoms with van der Waals surface area (Å²) in [5.74, 6) is 0. The molecule has 0 amide bonds. The van der Waals surface area contributed by atoms with Crippen molar-refractivity contribution in [2.45, 2.75) is 78.6 Å². The fraction of sp³-hybridized carbons (Fsp3) is 0.273. The first-order chi connectivity index (χ1) is 23.1. The molecule has 0 radical (unpaired) electrons. The largest absolute Gasteiger partial charge is 0.454 e. The van der Waals surface area contributed by atoms with Gasteiger partial charge in [-0.3, -0.25) is 0 Å². The third kappa shape index (κ3) is 3.95. The van der Waals surface area contributed by atoms with Crippen molar-refractivity contribution in [1.82, 2.24) is 4.40 Å². The Labute approximate surface area is 283 Å². The van der Waals surface area contributed by atoms with Crippen LogP contribution in [-0.4, -0.2) is 4.40 Å². The van der Waals surface area contributed by atoms with Crippen molar-refractivity contribution in [1.29, 1.82) is 5.26 Å². The highest BCUT2D eigenvalue weighted by Gasteiger charge is 2.30. The van der Waals surface area contributed by atoms with Crippen LogP contribution in [0.2, 0.25) is 0 Å². The average molecular weight is 643 g/mol. The summed E-state index contributed by atoms with van der Waals surface area (Å²) in [6.07, 6.45) is 0. The van der Waals surface area contributed by atoms with Crippen LogP contribution in [0.15, 0.2) is 80.4 Å². The zero-order valence-corrected chi connectivity index (χ0v) is 29.5. The zero-order valence-electron chi connectivity index (χ0n) is 29.5. The number of benzene rings is 5. The molecule has 0 N–H and O–H groups in total. The quantitative estimate of drug-likeness (QED) is 0.122. The summed E-state index contributed by atoms with van der Waals surface area (Å²) in [5, 5.41) is 19.3. The normalized spacial score (nSPS) is 13.5. The minimum absolute atomic E-state index is 0.0962. The van der Waals surface area contributed by atoms with Crippen molar-refractivity contribution < 1.29 is 8.83 Å². The summed E-state index contributed by atoms with van der Waals surface area (Å²) in [7, 11) is 0. The molecule has 4 heterocycles. The standard InChI is InChI=1S/C44H38N2O3/c1-42(2,3)23-15-28-27-19-26-25-12-10-11-13-35(25)48-41(47)29(26)20-33(27)46-34-14-22(21-45)39-37(36(34)30(16-23)38(28)46)31-17-24(43(4,5)6)18-32(40(31)49-39)44(7,8)9/h10-20H,1-9H3. The van der Waals surface area contributed by atoms with Crippen molar-refractivity contribution in [2.75, 3.05) is 0 Å². The van der Waals surface area contributed by atoms with Crippen LogP contribution in [-0.2, 0) is 16.2 Å². The molecule has 0 aliphatic rings. The topological polar surface area (TPSA) is 71.6 Å². The minimum atomic E-state index is -0.360. The van der Waals surface area contributed by atoms with Crippen molar-refractivity contribution in [3.8, 4) is 6.07 Å². The van der Waals surface area contributed by atoms with E-state index in [9.17, 15) is 10.1 Å². The first kappa shape index (κ1) is 29.8. The molecule has 0 aliphatic heterocycles. The number of para-hydroxylation sites is 1. The van der Waals surface area contributed by atoms with Crippen LogP contribution in [0.25, 0.3) is 81.8 Å². The third-order valence-corrected chi connectivity index (χ3v) is 10.6. The predicted octanol–water partition coefficient (Wildman–Crippen LogP) is 11.8. The fourth-order valence-electron chi connectivity index (χ4n) is 7.95. The van der Waals surface area contributed by atoms with Crippen LogP contribution in [0.5, 0.6) is 0 Å². The molecule has 0 unspecified atom stereocenters. The van der Waals surface area contributed by atoms with Gasteiger partial charge < -0.3 is 13.2 Å². The summed E-state index contributed by atoms with van der Waals surface area (Å²) in [6, 6.07) is 25.5. The number of hydrogen-bond acceptors (Lipinski definition) is 4. The van der Waals surface area contributed by atoms with E-state index in [2.05, 4.69) is 103 Å². The third-order valence-electron chi connectivity index (χ3n) is 10.6. The van der Waals surface area contributed by atoms with Gasteiger partial charge in [0.1, 0.15) is 17.2 Å². The van der Waals surface area contributed by atoms with E-state index in [-0.39, 0.29) is 21.9 Å². The minimum Gasteiger partial charge on any atom is -0.454 e. The van der Waals surface area contributed by atoms with Crippen molar-refractivity contribution in [3.05, 3.63) is 99.4 Å². The lowest BCUT2D eigenvalue weighted by molar-refractivity contribution is 0.559. The summed E-state index contributed by atoms with van der Waals surface area (Å²) in [4.78, 5) is 13.5. The molecule has 0 atom stereocenters. The van der Waals surface area contributed by atoms with Gasteiger partial charge >= 0.3 is 5.63 Å². The summed E-state index contributed by atoms with van der Waals surface area (Å²) >= 11 is 0. The average Bonchev–Trinajstić information content (AvgIpc) is 3.68. The first-order valence-corrected chi connectivity index (χ1v) is 17.0. The van der Waals surface area contributed by atoms with Crippen molar-refractivity contribution >= 4 is 81.8 Å². The molecule has 0 saturated heterocycles. The molecule has 9 rings (SSSR count). The molecular weight excluding hydrogens is 604 g/mol. The van der Waals surface area contributed by atoms with Gasteiger partial charge in [0.2, 0.25) is 0 Å². The second-order valence-corrected chi connectivity index (χ2v) is 16.9. The number of fused-ring (bicyclic) bond motifs is 13. The van der Waals surface area contributed by atoms with E-state index >= 15 is 0 Å². The Morgan fingerprint density at radius 1 is 0.592 bits per heavy atom. The monoisotopic (exact) mass is 642 g/mol. The number of nitrogens with zero attached hydrogens (tertiary/aromatic N) is 2. The Kier molecular flexibility index (Phi) is 5.60. The second kappa shape index (κ2) is 9.21. The maximum Gasteiger partial charge on any atom is 0.344 e. The van der Waals surface area contributed by atoms with Crippen LogP contribution in [0, 0.1) is 11.3 Å².